The van der Waals surface area contributed by atoms with E-state index in [0.29, 0.717) is 0 Å². The summed E-state index contributed by atoms with van der Waals surface area (Å²) < 4.78 is 7.29. The summed E-state index contributed by atoms with van der Waals surface area (Å²) in [6.07, 6.45) is 1.94. The van der Waals surface area contributed by atoms with Gasteiger partial charge in [-0.1, -0.05) is 12.1 Å². The van der Waals surface area contributed by atoms with Crippen LogP contribution in [0.15, 0.2) is 42.6 Å². The lowest BCUT2D eigenvalue weighted by Crippen LogP contribution is -1.90. The van der Waals surface area contributed by atoms with Gasteiger partial charge in [0.15, 0.2) is 0 Å². The van der Waals surface area contributed by atoms with Crippen LogP contribution in [0.2, 0.25) is 0 Å². The predicted molar refractivity (Wildman–Crippen MR) is 76.3 cm³/mol. The Morgan fingerprint density at radius 1 is 1.21 bits per heavy atom. The number of imidazole rings is 1. The summed E-state index contributed by atoms with van der Waals surface area (Å²) in [6.45, 7) is 1.98. The number of nitrogen functional groups attached to an aromatic ring is 1. The van der Waals surface area contributed by atoms with Crippen molar-refractivity contribution >= 4 is 11.2 Å². The molecule has 0 atom stereocenters. The lowest BCUT2D eigenvalue weighted by Gasteiger charge is -2.03. The van der Waals surface area contributed by atoms with Gasteiger partial charge in [0.05, 0.1) is 18.3 Å². The van der Waals surface area contributed by atoms with Crippen LogP contribution in [0.4, 0.5) is 5.69 Å². The molecule has 3 rings (SSSR count). The Bertz CT molecular complexity index is 746. The molecule has 0 aliphatic heterocycles. The molecular formula is C15H15N3O. The van der Waals surface area contributed by atoms with Crippen LogP contribution in [0, 0.1) is 6.92 Å². The topological polar surface area (TPSA) is 52.5 Å². The summed E-state index contributed by atoms with van der Waals surface area (Å²) in [6, 6.07) is 11.7. The van der Waals surface area contributed by atoms with Crippen LogP contribution in [-0.4, -0.2) is 16.5 Å². The Kier molecular flexibility index (Phi) is 2.63. The zero-order valence-electron chi connectivity index (χ0n) is 10.9. The molecular weight excluding hydrogens is 238 g/mol. The van der Waals surface area contributed by atoms with Crippen LogP contribution in [0.5, 0.6) is 5.75 Å². The van der Waals surface area contributed by atoms with Gasteiger partial charge in [-0.05, 0) is 31.2 Å². The number of pyridine rings is 1. The quantitative estimate of drug-likeness (QED) is 0.764. The van der Waals surface area contributed by atoms with E-state index in [1.54, 1.807) is 7.11 Å². The highest BCUT2D eigenvalue weighted by Gasteiger charge is 2.11. The van der Waals surface area contributed by atoms with E-state index in [2.05, 4.69) is 4.98 Å². The molecule has 0 spiro atoms. The van der Waals surface area contributed by atoms with E-state index < -0.39 is 0 Å². The molecule has 0 aliphatic rings. The fourth-order valence-electron chi connectivity index (χ4n) is 2.24. The van der Waals surface area contributed by atoms with Crippen LogP contribution in [-0.2, 0) is 0 Å². The van der Waals surface area contributed by atoms with Crippen molar-refractivity contribution in [2.75, 3.05) is 12.8 Å². The van der Waals surface area contributed by atoms with E-state index >= 15 is 0 Å². The van der Waals surface area contributed by atoms with Gasteiger partial charge < -0.3 is 14.9 Å². The van der Waals surface area contributed by atoms with Crippen LogP contribution in [0.1, 0.15) is 5.82 Å². The van der Waals surface area contributed by atoms with Gasteiger partial charge in [0, 0.05) is 17.4 Å². The first-order valence-electron chi connectivity index (χ1n) is 6.07. The van der Waals surface area contributed by atoms with Gasteiger partial charge >= 0.3 is 0 Å². The Balaban J connectivity index is 2.26. The zero-order chi connectivity index (χ0) is 13.4. The third-order valence-electron chi connectivity index (χ3n) is 3.19. The largest absolute Gasteiger partial charge is 0.497 e. The lowest BCUT2D eigenvalue weighted by molar-refractivity contribution is 0.415. The highest BCUT2D eigenvalue weighted by atomic mass is 16.5. The Labute approximate surface area is 111 Å². The maximum Gasteiger partial charge on any atom is 0.119 e. The number of nitrogens with two attached hydrogens (primary N) is 1. The molecule has 19 heavy (non-hydrogen) atoms. The van der Waals surface area contributed by atoms with Crippen molar-refractivity contribution in [3.8, 4) is 17.0 Å². The summed E-state index contributed by atoms with van der Waals surface area (Å²) in [7, 11) is 1.66. The maximum absolute atomic E-state index is 5.87. The third-order valence-corrected chi connectivity index (χ3v) is 3.19. The first-order valence-corrected chi connectivity index (χ1v) is 6.07. The monoisotopic (exact) mass is 253 g/mol. The highest BCUT2D eigenvalue weighted by Crippen LogP contribution is 2.28. The Hall–Kier alpha value is -2.49. The van der Waals surface area contributed by atoms with Crippen molar-refractivity contribution in [3.63, 3.8) is 0 Å². The molecule has 2 N–H and O–H groups in total. The number of methoxy groups -OCH3 is 1. The number of aryl methyl sites for hydroxylation is 1. The molecule has 4 heteroatoms. The van der Waals surface area contributed by atoms with E-state index in [1.165, 1.54) is 0 Å². The second-order valence-corrected chi connectivity index (χ2v) is 4.45. The van der Waals surface area contributed by atoms with E-state index in [-0.39, 0.29) is 0 Å². The van der Waals surface area contributed by atoms with Crippen LogP contribution in [0.3, 0.4) is 0 Å². The first kappa shape index (κ1) is 11.6. The van der Waals surface area contributed by atoms with Crippen LogP contribution >= 0.6 is 0 Å². The number of aromatic nitrogens is 2. The van der Waals surface area contributed by atoms with E-state index in [1.807, 2.05) is 53.9 Å². The summed E-state index contributed by atoms with van der Waals surface area (Å²) in [5.74, 6) is 1.76. The normalized spacial score (nSPS) is 10.8. The minimum absolute atomic E-state index is 0.733. The fraction of sp³-hybridized carbons (Fsp3) is 0.133. The van der Waals surface area contributed by atoms with Gasteiger partial charge in [0.2, 0.25) is 0 Å². The van der Waals surface area contributed by atoms with Crippen molar-refractivity contribution in [1.29, 1.82) is 0 Å². The number of anilines is 1. The third kappa shape index (κ3) is 1.91. The first-order chi connectivity index (χ1) is 9.19. The number of rotatable bonds is 2. The summed E-state index contributed by atoms with van der Waals surface area (Å²) in [5, 5.41) is 0. The average Bonchev–Trinajstić information content (AvgIpc) is 2.75. The van der Waals surface area contributed by atoms with Crippen molar-refractivity contribution in [1.82, 2.24) is 9.38 Å². The molecule has 0 saturated carbocycles. The molecule has 2 heterocycles. The minimum atomic E-state index is 0.733. The molecule has 0 aliphatic carbocycles. The van der Waals surface area contributed by atoms with E-state index in [4.69, 9.17) is 10.5 Å². The smallest absolute Gasteiger partial charge is 0.119 e. The molecule has 2 aromatic heterocycles. The van der Waals surface area contributed by atoms with Crippen molar-refractivity contribution in [2.24, 2.45) is 0 Å². The number of ether oxygens (including phenoxy) is 1. The zero-order valence-corrected chi connectivity index (χ0v) is 10.9. The molecule has 96 valence electrons. The van der Waals surface area contributed by atoms with Gasteiger partial charge in [0.1, 0.15) is 11.6 Å². The van der Waals surface area contributed by atoms with Gasteiger partial charge in [-0.15, -0.1) is 0 Å². The summed E-state index contributed by atoms with van der Waals surface area (Å²) >= 11 is 0. The van der Waals surface area contributed by atoms with Crippen LogP contribution in [0.25, 0.3) is 16.8 Å². The van der Waals surface area contributed by atoms with E-state index in [0.717, 1.165) is 34.0 Å². The molecule has 4 nitrogen and oxygen atoms in total. The molecule has 0 fully saturated rings. The standard InChI is InChI=1S/C15H15N3O/c1-10-17-15(11-4-3-5-13(8-11)19-2)14-9-12(16)6-7-18(10)14/h3-9H,16H2,1-2H3. The van der Waals surface area contributed by atoms with Gasteiger partial charge in [-0.2, -0.15) is 0 Å². The van der Waals surface area contributed by atoms with Gasteiger partial charge in [-0.3, -0.25) is 0 Å². The van der Waals surface area contributed by atoms with Crippen molar-refractivity contribution < 1.29 is 4.74 Å². The van der Waals surface area contributed by atoms with Crippen LogP contribution < -0.4 is 10.5 Å². The molecule has 0 unspecified atom stereocenters. The number of hydrogen-bond donors (Lipinski definition) is 1. The second-order valence-electron chi connectivity index (χ2n) is 4.45. The van der Waals surface area contributed by atoms with Crippen molar-refractivity contribution in [2.45, 2.75) is 6.92 Å². The molecule has 0 bridgehead atoms. The van der Waals surface area contributed by atoms with Crippen molar-refractivity contribution in [3.05, 3.63) is 48.4 Å². The molecule has 0 amide bonds. The number of nitrogens with zero attached hydrogens (tertiary/aromatic N) is 2. The molecule has 0 radical (unpaired) electrons. The molecule has 3 aromatic rings. The summed E-state index contributed by atoms with van der Waals surface area (Å²) in [5.41, 5.74) is 9.55. The maximum atomic E-state index is 5.87. The summed E-state index contributed by atoms with van der Waals surface area (Å²) in [4.78, 5) is 4.63. The highest BCUT2D eigenvalue weighted by molar-refractivity contribution is 5.80. The minimum Gasteiger partial charge on any atom is -0.497 e. The molecule has 0 saturated heterocycles. The van der Waals surface area contributed by atoms with E-state index in [9.17, 15) is 0 Å². The average molecular weight is 253 g/mol. The molecule has 1 aromatic carbocycles. The lowest BCUT2D eigenvalue weighted by atomic mass is 10.1. The Morgan fingerprint density at radius 3 is 2.84 bits per heavy atom. The fourth-order valence-corrected chi connectivity index (χ4v) is 2.24. The SMILES string of the molecule is COc1cccc(-c2nc(C)n3ccc(N)cc23)c1. The number of fused-ring (bicyclic) bond motifs is 1. The number of benzene rings is 1. The van der Waals surface area contributed by atoms with Gasteiger partial charge in [0.25, 0.3) is 0 Å². The predicted octanol–water partition coefficient (Wildman–Crippen LogP) is 2.90. The van der Waals surface area contributed by atoms with Gasteiger partial charge in [-0.25, -0.2) is 4.98 Å². The second kappa shape index (κ2) is 4.31. The Morgan fingerprint density at radius 2 is 2.05 bits per heavy atom. The number of hydrogen-bond acceptors (Lipinski definition) is 3.